The third kappa shape index (κ3) is 7.14. The number of carbonyl (C=O) groups excluding carboxylic acids is 1. The summed E-state index contributed by atoms with van der Waals surface area (Å²) in [4.78, 5) is 14.5. The summed E-state index contributed by atoms with van der Waals surface area (Å²) in [5.41, 5.74) is 1.72. The highest BCUT2D eigenvalue weighted by atomic mass is 79.9. The molecule has 0 bridgehead atoms. The van der Waals surface area contributed by atoms with E-state index in [4.69, 9.17) is 14.2 Å². The fourth-order valence-electron chi connectivity index (χ4n) is 3.76. The Morgan fingerprint density at radius 3 is 2.62 bits per heavy atom. The van der Waals surface area contributed by atoms with E-state index in [0.717, 1.165) is 48.1 Å². The van der Waals surface area contributed by atoms with Gasteiger partial charge in [-0.1, -0.05) is 36.4 Å². The van der Waals surface area contributed by atoms with Crippen molar-refractivity contribution in [2.75, 3.05) is 20.2 Å². The maximum absolute atomic E-state index is 12.2. The summed E-state index contributed by atoms with van der Waals surface area (Å²) >= 11 is 3.74. The Balaban J connectivity index is 1.65. The Morgan fingerprint density at radius 1 is 1.19 bits per heavy atom. The van der Waals surface area contributed by atoms with Gasteiger partial charge in [0.2, 0.25) is 0 Å². The molecule has 1 atom stereocenters. The second kappa shape index (κ2) is 11.1. The molecule has 6 nitrogen and oxygen atoms in total. The highest BCUT2D eigenvalue weighted by Crippen LogP contribution is 2.39. The lowest BCUT2D eigenvalue weighted by Gasteiger charge is -2.34. The van der Waals surface area contributed by atoms with E-state index in [1.807, 2.05) is 57.2 Å². The number of hydrogen-bond acceptors (Lipinski definition) is 5. The Bertz CT molecular complexity index is 899. The van der Waals surface area contributed by atoms with Crippen molar-refractivity contribution in [3.63, 3.8) is 0 Å². The van der Waals surface area contributed by atoms with Crippen LogP contribution in [0.1, 0.15) is 44.7 Å². The van der Waals surface area contributed by atoms with E-state index >= 15 is 0 Å². The molecular formula is C25H33BrN2O4. The van der Waals surface area contributed by atoms with Gasteiger partial charge in [-0.15, -0.1) is 0 Å². The summed E-state index contributed by atoms with van der Waals surface area (Å²) in [5, 5.41) is 3.01. The number of benzene rings is 2. The molecule has 1 aliphatic rings. The number of alkyl carbamates (subject to hydrolysis) is 1. The maximum atomic E-state index is 12.2. The van der Waals surface area contributed by atoms with Gasteiger partial charge >= 0.3 is 6.09 Å². The van der Waals surface area contributed by atoms with Crippen LogP contribution in [0.5, 0.6) is 11.5 Å². The second-order valence-corrected chi connectivity index (χ2v) is 9.86. The average molecular weight is 505 g/mol. The molecule has 1 fully saturated rings. The van der Waals surface area contributed by atoms with Crippen molar-refractivity contribution in [3.05, 3.63) is 58.1 Å². The van der Waals surface area contributed by atoms with Crippen molar-refractivity contribution in [3.8, 4) is 11.5 Å². The molecule has 0 aliphatic carbocycles. The van der Waals surface area contributed by atoms with Gasteiger partial charge < -0.3 is 19.5 Å². The molecule has 7 heteroatoms. The zero-order valence-corrected chi connectivity index (χ0v) is 20.9. The Kier molecular flexibility index (Phi) is 8.43. The third-order valence-corrected chi connectivity index (χ3v) is 6.08. The molecule has 0 aromatic heterocycles. The fraction of sp³-hybridized carbons (Fsp3) is 0.480. The molecule has 32 heavy (non-hydrogen) atoms. The Morgan fingerprint density at radius 2 is 1.94 bits per heavy atom. The number of methoxy groups -OCH3 is 1. The number of amides is 1. The zero-order valence-electron chi connectivity index (χ0n) is 19.3. The van der Waals surface area contributed by atoms with Crippen molar-refractivity contribution in [1.29, 1.82) is 0 Å². The van der Waals surface area contributed by atoms with Gasteiger partial charge in [-0.3, -0.25) is 4.90 Å². The lowest BCUT2D eigenvalue weighted by atomic mass is 10.0. The van der Waals surface area contributed by atoms with Gasteiger partial charge in [-0.25, -0.2) is 4.79 Å². The predicted molar refractivity (Wildman–Crippen MR) is 129 cm³/mol. The standard InChI is InChI=1S/C25H33BrN2O4/c1-25(2,3)32-24(29)27-20-11-8-14-28(16-20)15-19-12-13-21(30-4)23(22(19)26)31-17-18-9-6-5-7-10-18/h5-7,9-10,12-13,20H,8,11,14-17H2,1-4H3,(H,27,29). The lowest BCUT2D eigenvalue weighted by molar-refractivity contribution is 0.0470. The number of carbonyl (C=O) groups is 1. The fourth-order valence-corrected chi connectivity index (χ4v) is 4.33. The molecule has 1 N–H and O–H groups in total. The van der Waals surface area contributed by atoms with Crippen molar-refractivity contribution in [2.24, 2.45) is 0 Å². The molecule has 1 unspecified atom stereocenters. The molecule has 2 aromatic carbocycles. The zero-order chi connectivity index (χ0) is 23.1. The van der Waals surface area contributed by atoms with E-state index in [1.165, 1.54) is 0 Å². The van der Waals surface area contributed by atoms with Crippen LogP contribution in [0.4, 0.5) is 4.79 Å². The first-order chi connectivity index (χ1) is 15.2. The van der Waals surface area contributed by atoms with E-state index < -0.39 is 5.60 Å². The Labute approximate surface area is 199 Å². The van der Waals surface area contributed by atoms with Gasteiger partial charge in [0.05, 0.1) is 11.6 Å². The van der Waals surface area contributed by atoms with E-state index in [2.05, 4.69) is 32.2 Å². The predicted octanol–water partition coefficient (Wildman–Crippen LogP) is 5.53. The van der Waals surface area contributed by atoms with Crippen LogP contribution in [0, 0.1) is 0 Å². The van der Waals surface area contributed by atoms with Crippen molar-refractivity contribution >= 4 is 22.0 Å². The van der Waals surface area contributed by atoms with Gasteiger partial charge in [-0.2, -0.15) is 0 Å². The SMILES string of the molecule is COc1ccc(CN2CCCC(NC(=O)OC(C)(C)C)C2)c(Br)c1OCc1ccccc1. The summed E-state index contributed by atoms with van der Waals surface area (Å²) < 4.78 is 18.0. The first-order valence-corrected chi connectivity index (χ1v) is 11.8. The summed E-state index contributed by atoms with van der Waals surface area (Å²) in [6.45, 7) is 8.59. The molecule has 174 valence electrons. The van der Waals surface area contributed by atoms with Crippen LogP contribution < -0.4 is 14.8 Å². The smallest absolute Gasteiger partial charge is 0.407 e. The molecule has 0 saturated carbocycles. The summed E-state index contributed by atoms with van der Waals surface area (Å²) in [6.07, 6.45) is 1.61. The number of nitrogens with zero attached hydrogens (tertiary/aromatic N) is 1. The van der Waals surface area contributed by atoms with Crippen LogP contribution in [-0.2, 0) is 17.9 Å². The van der Waals surface area contributed by atoms with Gasteiger partial charge in [0.15, 0.2) is 11.5 Å². The number of rotatable bonds is 7. The molecule has 1 saturated heterocycles. The molecule has 3 rings (SSSR count). The minimum Gasteiger partial charge on any atom is -0.493 e. The molecule has 2 aromatic rings. The number of piperidine rings is 1. The molecule has 0 spiro atoms. The van der Waals surface area contributed by atoms with E-state index in [0.29, 0.717) is 18.1 Å². The van der Waals surface area contributed by atoms with Crippen LogP contribution in [-0.4, -0.2) is 42.8 Å². The van der Waals surface area contributed by atoms with Crippen LogP contribution in [0.2, 0.25) is 0 Å². The van der Waals surface area contributed by atoms with E-state index in [-0.39, 0.29) is 12.1 Å². The van der Waals surface area contributed by atoms with Crippen molar-refractivity contribution in [2.45, 2.75) is 58.4 Å². The van der Waals surface area contributed by atoms with Crippen molar-refractivity contribution in [1.82, 2.24) is 10.2 Å². The second-order valence-electron chi connectivity index (χ2n) is 9.06. The molecule has 0 radical (unpaired) electrons. The quantitative estimate of drug-likeness (QED) is 0.537. The topological polar surface area (TPSA) is 60.0 Å². The Hall–Kier alpha value is -2.25. The van der Waals surface area contributed by atoms with E-state index in [9.17, 15) is 4.79 Å². The number of nitrogens with one attached hydrogen (secondary N) is 1. The number of likely N-dealkylation sites (tertiary alicyclic amines) is 1. The summed E-state index contributed by atoms with van der Waals surface area (Å²) in [5.74, 6) is 1.40. The van der Waals surface area contributed by atoms with Crippen LogP contribution in [0.25, 0.3) is 0 Å². The normalized spacial score (nSPS) is 17.0. The highest BCUT2D eigenvalue weighted by Gasteiger charge is 2.25. The monoisotopic (exact) mass is 504 g/mol. The minimum atomic E-state index is -0.497. The highest BCUT2D eigenvalue weighted by molar-refractivity contribution is 9.10. The van der Waals surface area contributed by atoms with Gasteiger partial charge in [0.1, 0.15) is 12.2 Å². The summed E-state index contributed by atoms with van der Waals surface area (Å²) in [7, 11) is 1.65. The van der Waals surface area contributed by atoms with Gasteiger partial charge in [0, 0.05) is 19.1 Å². The molecule has 1 aliphatic heterocycles. The lowest BCUT2D eigenvalue weighted by Crippen LogP contribution is -2.48. The average Bonchev–Trinajstić information content (AvgIpc) is 2.74. The maximum Gasteiger partial charge on any atom is 0.407 e. The van der Waals surface area contributed by atoms with Crippen molar-refractivity contribution < 1.29 is 19.0 Å². The number of halogens is 1. The van der Waals surface area contributed by atoms with E-state index in [1.54, 1.807) is 7.11 Å². The summed E-state index contributed by atoms with van der Waals surface area (Å²) in [6, 6.07) is 14.1. The first kappa shape index (κ1) is 24.4. The molecular weight excluding hydrogens is 472 g/mol. The molecule has 1 amide bonds. The van der Waals surface area contributed by atoms with Gasteiger partial charge in [0.25, 0.3) is 0 Å². The van der Waals surface area contributed by atoms with Gasteiger partial charge in [-0.05, 0) is 73.3 Å². The number of hydrogen-bond donors (Lipinski definition) is 1. The number of ether oxygens (including phenoxy) is 3. The third-order valence-electron chi connectivity index (χ3n) is 5.21. The first-order valence-electron chi connectivity index (χ1n) is 11.0. The van der Waals surface area contributed by atoms with Crippen LogP contribution in [0.15, 0.2) is 46.9 Å². The molecule has 1 heterocycles. The minimum absolute atomic E-state index is 0.0735. The van der Waals surface area contributed by atoms with Crippen LogP contribution >= 0.6 is 15.9 Å². The largest absolute Gasteiger partial charge is 0.493 e. The van der Waals surface area contributed by atoms with Crippen LogP contribution in [0.3, 0.4) is 0 Å².